The number of benzene rings is 1. The third-order valence-corrected chi connectivity index (χ3v) is 7.93. The summed E-state index contributed by atoms with van der Waals surface area (Å²) in [5.41, 5.74) is 2.09. The smallest absolute Gasteiger partial charge is 0.224 e. The summed E-state index contributed by atoms with van der Waals surface area (Å²) in [5, 5.41) is 7.61. The normalized spacial score (nSPS) is 29.9. The van der Waals surface area contributed by atoms with Crippen LogP contribution in [0, 0.1) is 23.2 Å². The van der Waals surface area contributed by atoms with Gasteiger partial charge < -0.3 is 10.6 Å². The molecule has 5 heteroatoms. The molecule has 1 aromatic carbocycles. The van der Waals surface area contributed by atoms with Gasteiger partial charge in [-0.25, -0.2) is 4.98 Å². The zero-order valence-corrected chi connectivity index (χ0v) is 18.1. The Morgan fingerprint density at radius 2 is 1.83 bits per heavy atom. The fourth-order valence-corrected chi connectivity index (χ4v) is 6.99. The van der Waals surface area contributed by atoms with Gasteiger partial charge >= 0.3 is 0 Å². The van der Waals surface area contributed by atoms with Crippen LogP contribution < -0.4 is 10.6 Å². The van der Waals surface area contributed by atoms with Crippen LogP contribution >= 0.6 is 11.8 Å². The summed E-state index contributed by atoms with van der Waals surface area (Å²) in [4.78, 5) is 17.8. The van der Waals surface area contributed by atoms with Crippen molar-refractivity contribution in [1.29, 1.82) is 0 Å². The zero-order valence-electron chi connectivity index (χ0n) is 17.2. The van der Waals surface area contributed by atoms with Crippen molar-refractivity contribution >= 4 is 40.1 Å². The van der Waals surface area contributed by atoms with Crippen LogP contribution in [0.4, 0.5) is 11.5 Å². The molecule has 0 aliphatic heterocycles. The van der Waals surface area contributed by atoms with Crippen LogP contribution in [0.25, 0.3) is 10.9 Å². The molecule has 6 rings (SSSR count). The summed E-state index contributed by atoms with van der Waals surface area (Å²) in [5.74, 6) is 4.78. The van der Waals surface area contributed by atoms with Gasteiger partial charge in [-0.15, -0.1) is 0 Å². The lowest BCUT2D eigenvalue weighted by Crippen LogP contribution is -2.47. The fraction of sp³-hybridized carbons (Fsp3) is 0.583. The minimum Gasteiger partial charge on any atom is -0.369 e. The molecule has 4 saturated carbocycles. The summed E-state index contributed by atoms with van der Waals surface area (Å²) >= 11 is 1.82. The van der Waals surface area contributed by atoms with E-state index >= 15 is 0 Å². The summed E-state index contributed by atoms with van der Waals surface area (Å²) < 4.78 is 0. The summed E-state index contributed by atoms with van der Waals surface area (Å²) in [6.07, 6.45) is 10.9. The van der Waals surface area contributed by atoms with Gasteiger partial charge in [0.2, 0.25) is 5.91 Å². The highest BCUT2D eigenvalue weighted by Gasteiger charge is 2.51. The van der Waals surface area contributed by atoms with E-state index < -0.39 is 0 Å². The quantitative estimate of drug-likeness (QED) is 0.588. The maximum atomic E-state index is 13.0. The molecule has 1 amide bonds. The van der Waals surface area contributed by atoms with E-state index in [1.54, 1.807) is 0 Å². The molecular formula is C24H31N3OS. The molecule has 4 aliphatic carbocycles. The molecule has 2 aromatic rings. The number of anilines is 2. The topological polar surface area (TPSA) is 54.0 Å². The van der Waals surface area contributed by atoms with Crippen LogP contribution in [-0.2, 0) is 4.79 Å². The molecule has 4 bridgehead atoms. The van der Waals surface area contributed by atoms with Crippen LogP contribution in [0.15, 0.2) is 30.3 Å². The average Bonchev–Trinajstić information content (AvgIpc) is 2.66. The van der Waals surface area contributed by atoms with Gasteiger partial charge in [0, 0.05) is 24.1 Å². The second kappa shape index (κ2) is 7.82. The van der Waals surface area contributed by atoms with Crippen molar-refractivity contribution in [2.75, 3.05) is 29.2 Å². The highest BCUT2D eigenvalue weighted by molar-refractivity contribution is 7.98. The molecule has 2 N–H and O–H groups in total. The zero-order chi connectivity index (χ0) is 19.8. The largest absolute Gasteiger partial charge is 0.369 e. The molecule has 1 heterocycles. The summed E-state index contributed by atoms with van der Waals surface area (Å²) in [6.45, 7) is 0.904. The Labute approximate surface area is 177 Å². The Morgan fingerprint density at radius 1 is 1.10 bits per heavy atom. The Bertz CT molecular complexity index is 877. The van der Waals surface area contributed by atoms with Gasteiger partial charge in [-0.3, -0.25) is 4.79 Å². The number of fused-ring (bicyclic) bond motifs is 1. The standard InChI is InChI=1S/C24H31N3OS/c1-29-8-7-25-22-6-5-19-20(26-22)3-2-4-21(19)27-23(28)15-24-12-16-9-17(13-24)11-18(10-16)14-24/h2-6,16-18H,7-15H2,1H3,(H,25,26)(H,27,28). The SMILES string of the molecule is CSCCNc1ccc2c(NC(=O)CC34CC5CC(CC(C5)C3)C4)cccc2n1. The molecule has 4 fully saturated rings. The maximum absolute atomic E-state index is 13.0. The Morgan fingerprint density at radius 3 is 2.52 bits per heavy atom. The Kier molecular flexibility index (Phi) is 5.19. The number of hydrogen-bond acceptors (Lipinski definition) is 4. The van der Waals surface area contributed by atoms with Gasteiger partial charge in [0.05, 0.1) is 11.2 Å². The predicted octanol–water partition coefficient (Wildman–Crippen LogP) is 5.55. The molecule has 0 spiro atoms. The number of nitrogens with zero attached hydrogens (tertiary/aromatic N) is 1. The molecule has 4 aliphatic rings. The molecule has 0 radical (unpaired) electrons. The number of nitrogens with one attached hydrogen (secondary N) is 2. The van der Waals surface area contributed by atoms with E-state index in [0.29, 0.717) is 6.42 Å². The van der Waals surface area contributed by atoms with Crippen molar-refractivity contribution in [2.24, 2.45) is 23.2 Å². The van der Waals surface area contributed by atoms with E-state index in [2.05, 4.69) is 23.0 Å². The first kappa shape index (κ1) is 19.2. The number of carbonyl (C=O) groups excluding carboxylic acids is 1. The van der Waals surface area contributed by atoms with Crippen molar-refractivity contribution in [3.8, 4) is 0 Å². The van der Waals surface area contributed by atoms with Gasteiger partial charge in [0.25, 0.3) is 0 Å². The van der Waals surface area contributed by atoms with E-state index in [4.69, 9.17) is 4.98 Å². The minimum absolute atomic E-state index is 0.182. The number of aromatic nitrogens is 1. The highest BCUT2D eigenvalue weighted by atomic mass is 32.2. The first-order valence-corrected chi connectivity index (χ1v) is 12.4. The van der Waals surface area contributed by atoms with Crippen molar-refractivity contribution in [3.63, 3.8) is 0 Å². The van der Waals surface area contributed by atoms with Crippen molar-refractivity contribution < 1.29 is 4.79 Å². The second-order valence-corrected chi connectivity index (χ2v) is 10.6. The molecule has 0 unspecified atom stereocenters. The number of amides is 1. The molecule has 4 nitrogen and oxygen atoms in total. The van der Waals surface area contributed by atoms with Crippen LogP contribution in [-0.4, -0.2) is 29.4 Å². The van der Waals surface area contributed by atoms with Crippen molar-refractivity contribution in [3.05, 3.63) is 30.3 Å². The number of hydrogen-bond donors (Lipinski definition) is 2. The number of carbonyl (C=O) groups is 1. The van der Waals surface area contributed by atoms with Crippen LogP contribution in [0.1, 0.15) is 44.9 Å². The van der Waals surface area contributed by atoms with E-state index in [-0.39, 0.29) is 11.3 Å². The van der Waals surface area contributed by atoms with Gasteiger partial charge in [-0.2, -0.15) is 11.8 Å². The monoisotopic (exact) mass is 409 g/mol. The first-order valence-electron chi connectivity index (χ1n) is 11.0. The van der Waals surface area contributed by atoms with Crippen molar-refractivity contribution in [1.82, 2.24) is 4.98 Å². The van der Waals surface area contributed by atoms with E-state index in [9.17, 15) is 4.79 Å². The Hall–Kier alpha value is -1.75. The molecule has 29 heavy (non-hydrogen) atoms. The maximum Gasteiger partial charge on any atom is 0.224 e. The third-order valence-electron chi connectivity index (χ3n) is 7.32. The van der Waals surface area contributed by atoms with Crippen LogP contribution in [0.3, 0.4) is 0 Å². The minimum atomic E-state index is 0.182. The van der Waals surface area contributed by atoms with Gasteiger partial charge in [0.15, 0.2) is 0 Å². The van der Waals surface area contributed by atoms with Crippen molar-refractivity contribution in [2.45, 2.75) is 44.9 Å². The predicted molar refractivity (Wildman–Crippen MR) is 122 cm³/mol. The van der Waals surface area contributed by atoms with Gasteiger partial charge in [-0.05, 0) is 92.2 Å². The first-order chi connectivity index (χ1) is 14.1. The molecular weight excluding hydrogens is 378 g/mol. The summed E-state index contributed by atoms with van der Waals surface area (Å²) in [6, 6.07) is 10.1. The lowest BCUT2D eigenvalue weighted by molar-refractivity contribution is -0.124. The summed E-state index contributed by atoms with van der Waals surface area (Å²) in [7, 11) is 0. The van der Waals surface area contributed by atoms with Gasteiger partial charge in [0.1, 0.15) is 5.82 Å². The number of rotatable bonds is 7. The molecule has 0 saturated heterocycles. The lowest BCUT2D eigenvalue weighted by atomic mass is 9.49. The Balaban J connectivity index is 1.29. The third kappa shape index (κ3) is 3.98. The molecule has 1 aromatic heterocycles. The molecule has 154 valence electrons. The van der Waals surface area contributed by atoms with Crippen LogP contribution in [0.2, 0.25) is 0 Å². The van der Waals surface area contributed by atoms with E-state index in [1.807, 2.05) is 36.0 Å². The van der Waals surface area contributed by atoms with E-state index in [1.165, 1.54) is 38.5 Å². The lowest BCUT2D eigenvalue weighted by Gasteiger charge is -2.56. The van der Waals surface area contributed by atoms with Gasteiger partial charge in [-0.1, -0.05) is 6.07 Å². The van der Waals surface area contributed by atoms with Crippen LogP contribution in [0.5, 0.6) is 0 Å². The molecule has 0 atom stereocenters. The highest BCUT2D eigenvalue weighted by Crippen LogP contribution is 2.61. The average molecular weight is 410 g/mol. The number of thioether (sulfide) groups is 1. The van der Waals surface area contributed by atoms with E-state index in [0.717, 1.165) is 52.5 Å². The second-order valence-electron chi connectivity index (χ2n) is 9.63. The number of pyridine rings is 1. The fourth-order valence-electron chi connectivity index (χ4n) is 6.69.